The quantitative estimate of drug-likeness (QED) is 0.748. The molecule has 2 aliphatic heterocycles. The zero-order chi connectivity index (χ0) is 14.5. The molecule has 6 nitrogen and oxygen atoms in total. The van der Waals surface area contributed by atoms with Gasteiger partial charge in [0.2, 0.25) is 11.8 Å². The number of carbonyl (C=O) groups is 2. The van der Waals surface area contributed by atoms with Crippen LogP contribution in [0.3, 0.4) is 0 Å². The first-order chi connectivity index (χ1) is 9.58. The van der Waals surface area contributed by atoms with Gasteiger partial charge < -0.3 is 20.3 Å². The number of hydrogen-bond acceptors (Lipinski definition) is 4. The molecule has 2 N–H and O–H groups in total. The van der Waals surface area contributed by atoms with E-state index in [4.69, 9.17) is 4.74 Å². The van der Waals surface area contributed by atoms with Crippen molar-refractivity contribution in [3.63, 3.8) is 0 Å². The highest BCUT2D eigenvalue weighted by Crippen LogP contribution is 2.13. The summed E-state index contributed by atoms with van der Waals surface area (Å²) >= 11 is 0. The SMILES string of the molecule is CC(C)C(=O)N1CCC(NC(=O)C2COCCN2)CC1. The van der Waals surface area contributed by atoms with Crippen LogP contribution in [0.2, 0.25) is 0 Å². The molecule has 1 atom stereocenters. The first-order valence-corrected chi connectivity index (χ1v) is 7.48. The van der Waals surface area contributed by atoms with Gasteiger partial charge in [0.05, 0.1) is 13.2 Å². The highest BCUT2D eigenvalue weighted by molar-refractivity contribution is 5.82. The van der Waals surface area contributed by atoms with Crippen LogP contribution in [0.5, 0.6) is 0 Å². The molecule has 0 bridgehead atoms. The van der Waals surface area contributed by atoms with Gasteiger partial charge in [0.15, 0.2) is 0 Å². The van der Waals surface area contributed by atoms with Crippen LogP contribution in [0.25, 0.3) is 0 Å². The van der Waals surface area contributed by atoms with Crippen molar-refractivity contribution in [2.24, 2.45) is 5.92 Å². The Morgan fingerprint density at radius 2 is 2.00 bits per heavy atom. The maximum Gasteiger partial charge on any atom is 0.239 e. The summed E-state index contributed by atoms with van der Waals surface area (Å²) in [7, 11) is 0. The van der Waals surface area contributed by atoms with Crippen molar-refractivity contribution in [1.82, 2.24) is 15.5 Å². The second kappa shape index (κ2) is 7.04. The molecule has 1 unspecified atom stereocenters. The van der Waals surface area contributed by atoms with E-state index >= 15 is 0 Å². The van der Waals surface area contributed by atoms with Crippen LogP contribution < -0.4 is 10.6 Å². The van der Waals surface area contributed by atoms with Crippen molar-refractivity contribution >= 4 is 11.8 Å². The first-order valence-electron chi connectivity index (χ1n) is 7.48. The van der Waals surface area contributed by atoms with Gasteiger partial charge in [0.25, 0.3) is 0 Å². The van der Waals surface area contributed by atoms with Gasteiger partial charge in [-0.15, -0.1) is 0 Å². The van der Waals surface area contributed by atoms with E-state index in [1.807, 2.05) is 18.7 Å². The minimum Gasteiger partial charge on any atom is -0.378 e. The summed E-state index contributed by atoms with van der Waals surface area (Å²) in [5, 5.41) is 6.21. The molecular weight excluding hydrogens is 258 g/mol. The predicted octanol–water partition coefficient (Wildman–Crippen LogP) is -0.262. The lowest BCUT2D eigenvalue weighted by Crippen LogP contribution is -2.55. The van der Waals surface area contributed by atoms with Crippen LogP contribution in [-0.4, -0.2) is 61.6 Å². The molecule has 2 saturated heterocycles. The Labute approximate surface area is 120 Å². The number of nitrogens with zero attached hydrogens (tertiary/aromatic N) is 1. The average Bonchev–Trinajstić information content (AvgIpc) is 2.48. The molecular formula is C14H25N3O3. The fourth-order valence-electron chi connectivity index (χ4n) is 2.64. The van der Waals surface area contributed by atoms with Crippen LogP contribution in [0.15, 0.2) is 0 Å². The summed E-state index contributed by atoms with van der Waals surface area (Å²) < 4.78 is 5.29. The Morgan fingerprint density at radius 1 is 1.30 bits per heavy atom. The van der Waals surface area contributed by atoms with Gasteiger partial charge in [0, 0.05) is 31.6 Å². The van der Waals surface area contributed by atoms with Gasteiger partial charge in [0.1, 0.15) is 6.04 Å². The van der Waals surface area contributed by atoms with E-state index in [1.54, 1.807) is 0 Å². The third kappa shape index (κ3) is 3.93. The van der Waals surface area contributed by atoms with Gasteiger partial charge >= 0.3 is 0 Å². The Morgan fingerprint density at radius 3 is 2.55 bits per heavy atom. The van der Waals surface area contributed by atoms with Crippen molar-refractivity contribution in [3.05, 3.63) is 0 Å². The van der Waals surface area contributed by atoms with E-state index in [-0.39, 0.29) is 29.8 Å². The van der Waals surface area contributed by atoms with Gasteiger partial charge in [-0.3, -0.25) is 9.59 Å². The Kier molecular flexibility index (Phi) is 5.37. The fourth-order valence-corrected chi connectivity index (χ4v) is 2.64. The first kappa shape index (κ1) is 15.3. The van der Waals surface area contributed by atoms with Gasteiger partial charge in [-0.1, -0.05) is 13.8 Å². The summed E-state index contributed by atoms with van der Waals surface area (Å²) in [5.41, 5.74) is 0. The Bertz CT molecular complexity index is 346. The topological polar surface area (TPSA) is 70.7 Å². The van der Waals surface area contributed by atoms with E-state index in [0.717, 1.165) is 32.5 Å². The molecule has 2 heterocycles. The second-order valence-electron chi connectivity index (χ2n) is 5.84. The van der Waals surface area contributed by atoms with Gasteiger partial charge in [-0.25, -0.2) is 0 Å². The molecule has 2 amide bonds. The van der Waals surface area contributed by atoms with Crippen LogP contribution in [0.4, 0.5) is 0 Å². The molecule has 2 rings (SSSR count). The largest absolute Gasteiger partial charge is 0.378 e. The number of piperidine rings is 1. The van der Waals surface area contributed by atoms with E-state index < -0.39 is 0 Å². The maximum atomic E-state index is 12.1. The number of rotatable bonds is 3. The lowest BCUT2D eigenvalue weighted by Gasteiger charge is -2.34. The van der Waals surface area contributed by atoms with E-state index in [2.05, 4.69) is 10.6 Å². The highest BCUT2D eigenvalue weighted by Gasteiger charge is 2.27. The number of ether oxygens (including phenoxy) is 1. The summed E-state index contributed by atoms with van der Waals surface area (Å²) in [6, 6.07) is -0.0680. The maximum absolute atomic E-state index is 12.1. The minimum absolute atomic E-state index is 0.0123. The highest BCUT2D eigenvalue weighted by atomic mass is 16.5. The van der Waals surface area contributed by atoms with Crippen molar-refractivity contribution in [3.8, 4) is 0 Å². The molecule has 0 saturated carbocycles. The van der Waals surface area contributed by atoms with E-state index in [0.29, 0.717) is 13.2 Å². The lowest BCUT2D eigenvalue weighted by atomic mass is 10.0. The minimum atomic E-state index is -0.237. The summed E-state index contributed by atoms with van der Waals surface area (Å²) in [6.07, 6.45) is 1.66. The van der Waals surface area contributed by atoms with Crippen molar-refractivity contribution in [2.75, 3.05) is 32.8 Å². The third-order valence-corrected chi connectivity index (χ3v) is 3.89. The van der Waals surface area contributed by atoms with Crippen LogP contribution in [0, 0.1) is 5.92 Å². The average molecular weight is 283 g/mol. The Balaban J connectivity index is 1.73. The van der Waals surface area contributed by atoms with Crippen molar-refractivity contribution in [1.29, 1.82) is 0 Å². The molecule has 0 radical (unpaired) electrons. The second-order valence-corrected chi connectivity index (χ2v) is 5.84. The molecule has 0 aromatic heterocycles. The number of amides is 2. The number of likely N-dealkylation sites (tertiary alicyclic amines) is 1. The third-order valence-electron chi connectivity index (χ3n) is 3.89. The zero-order valence-corrected chi connectivity index (χ0v) is 12.4. The molecule has 2 fully saturated rings. The smallest absolute Gasteiger partial charge is 0.239 e. The van der Waals surface area contributed by atoms with Crippen LogP contribution >= 0.6 is 0 Å². The summed E-state index contributed by atoms with van der Waals surface area (Å²) in [5.74, 6) is 0.264. The molecule has 20 heavy (non-hydrogen) atoms. The summed E-state index contributed by atoms with van der Waals surface area (Å²) in [6.45, 7) is 7.14. The number of nitrogens with one attached hydrogen (secondary N) is 2. The number of morpholine rings is 1. The molecule has 0 spiro atoms. The Hall–Kier alpha value is -1.14. The monoisotopic (exact) mass is 283 g/mol. The standard InChI is InChI=1S/C14H25N3O3/c1-10(2)14(19)17-6-3-11(4-7-17)16-13(18)12-9-20-8-5-15-12/h10-12,15H,3-9H2,1-2H3,(H,16,18). The molecule has 6 heteroatoms. The molecule has 114 valence electrons. The van der Waals surface area contributed by atoms with Gasteiger partial charge in [-0.05, 0) is 12.8 Å². The fraction of sp³-hybridized carbons (Fsp3) is 0.857. The van der Waals surface area contributed by atoms with Crippen LogP contribution in [0.1, 0.15) is 26.7 Å². The van der Waals surface area contributed by atoms with E-state index in [9.17, 15) is 9.59 Å². The molecule has 0 aliphatic carbocycles. The lowest BCUT2D eigenvalue weighted by molar-refractivity contribution is -0.135. The predicted molar refractivity (Wildman–Crippen MR) is 75.2 cm³/mol. The molecule has 2 aliphatic rings. The van der Waals surface area contributed by atoms with Crippen molar-refractivity contribution in [2.45, 2.75) is 38.8 Å². The number of hydrogen-bond donors (Lipinski definition) is 2. The molecule has 0 aromatic carbocycles. The zero-order valence-electron chi connectivity index (χ0n) is 12.4. The normalized spacial score (nSPS) is 24.8. The van der Waals surface area contributed by atoms with Crippen LogP contribution in [-0.2, 0) is 14.3 Å². The number of carbonyl (C=O) groups excluding carboxylic acids is 2. The molecule has 0 aromatic rings. The van der Waals surface area contributed by atoms with Crippen molar-refractivity contribution < 1.29 is 14.3 Å². The van der Waals surface area contributed by atoms with Gasteiger partial charge in [-0.2, -0.15) is 0 Å². The van der Waals surface area contributed by atoms with E-state index in [1.165, 1.54) is 0 Å². The summed E-state index contributed by atoms with van der Waals surface area (Å²) in [4.78, 5) is 25.8.